The van der Waals surface area contributed by atoms with Crippen LogP contribution in [0.3, 0.4) is 0 Å². The van der Waals surface area contributed by atoms with Gasteiger partial charge in [-0.2, -0.15) is 0 Å². The summed E-state index contributed by atoms with van der Waals surface area (Å²) in [5.41, 5.74) is 3.27. The molecule has 0 aromatic heterocycles. The van der Waals surface area contributed by atoms with Crippen molar-refractivity contribution in [3.05, 3.63) is 64.2 Å². The van der Waals surface area contributed by atoms with Crippen molar-refractivity contribution in [2.24, 2.45) is 0 Å². The fourth-order valence-electron chi connectivity index (χ4n) is 5.80. The Morgan fingerprint density at radius 2 is 1.67 bits per heavy atom. The maximum Gasteiger partial charge on any atom is 0.246 e. The predicted molar refractivity (Wildman–Crippen MR) is 173 cm³/mol. The molecule has 0 spiro atoms. The minimum Gasteiger partial charge on any atom is -0.344 e. The number of amides is 4. The third-order valence-electron chi connectivity index (χ3n) is 8.23. The molecule has 2 aliphatic rings. The maximum absolute atomic E-state index is 13.5. The zero-order valence-corrected chi connectivity index (χ0v) is 27.4. The summed E-state index contributed by atoms with van der Waals surface area (Å²) in [6.07, 6.45) is 4.64. The normalized spacial score (nSPS) is 17.3. The summed E-state index contributed by atoms with van der Waals surface area (Å²) in [5, 5.41) is 6.07. The standard InChI is InChI=1S/C32H42ClN5O6S/c1-22-18-25(10-11-27(22)33)35-32(42)28(14-15-34-45(2,43)44)36-29(39)20-26-19-23-8-4-5-9-24(23)21-38(26)31(41)13-12-30(40)37-16-6-3-7-17-37/h4-5,8-11,18,26,28,34H,3,6-7,12-17,19-21H2,1-2H3,(H,35,42)(H,36,39)/t26-,28-/m0/s1. The van der Waals surface area contributed by atoms with E-state index in [0.717, 1.165) is 55.3 Å². The Morgan fingerprint density at radius 3 is 2.36 bits per heavy atom. The van der Waals surface area contributed by atoms with Crippen LogP contribution in [0.15, 0.2) is 42.5 Å². The predicted octanol–water partition coefficient (Wildman–Crippen LogP) is 3.15. The molecule has 0 saturated carbocycles. The van der Waals surface area contributed by atoms with E-state index >= 15 is 0 Å². The molecule has 2 aromatic carbocycles. The van der Waals surface area contributed by atoms with Gasteiger partial charge in [0, 0.05) is 62.2 Å². The van der Waals surface area contributed by atoms with Crippen molar-refractivity contribution in [2.75, 3.05) is 31.2 Å². The summed E-state index contributed by atoms with van der Waals surface area (Å²) in [5.74, 6) is -1.19. The number of nitrogens with zero attached hydrogens (tertiary/aromatic N) is 2. The number of halogens is 1. The number of benzene rings is 2. The Bertz CT molecular complexity index is 1510. The van der Waals surface area contributed by atoms with E-state index in [0.29, 0.717) is 23.7 Å². The van der Waals surface area contributed by atoms with Crippen molar-refractivity contribution < 1.29 is 27.6 Å². The van der Waals surface area contributed by atoms with Crippen molar-refractivity contribution in [3.8, 4) is 0 Å². The Kier molecular flexibility index (Phi) is 12.0. The molecule has 0 aliphatic carbocycles. The maximum atomic E-state index is 13.5. The van der Waals surface area contributed by atoms with Gasteiger partial charge >= 0.3 is 0 Å². The zero-order chi connectivity index (χ0) is 32.6. The van der Waals surface area contributed by atoms with Crippen LogP contribution in [0.5, 0.6) is 0 Å². The Morgan fingerprint density at radius 1 is 0.978 bits per heavy atom. The lowest BCUT2D eigenvalue weighted by Gasteiger charge is -2.37. The Hall–Kier alpha value is -3.48. The van der Waals surface area contributed by atoms with Crippen LogP contribution in [0.4, 0.5) is 5.69 Å². The molecule has 13 heteroatoms. The van der Waals surface area contributed by atoms with Gasteiger partial charge in [-0.15, -0.1) is 0 Å². The molecule has 1 saturated heterocycles. The molecule has 2 heterocycles. The molecule has 0 radical (unpaired) electrons. The molecular formula is C32H42ClN5O6S. The molecule has 45 heavy (non-hydrogen) atoms. The van der Waals surface area contributed by atoms with Crippen LogP contribution in [0.25, 0.3) is 0 Å². The molecule has 4 amide bonds. The van der Waals surface area contributed by atoms with Crippen LogP contribution in [0.2, 0.25) is 5.02 Å². The van der Waals surface area contributed by atoms with Crippen LogP contribution in [0, 0.1) is 6.92 Å². The average molecular weight is 660 g/mol. The fraction of sp³-hybridized carbons (Fsp3) is 0.500. The van der Waals surface area contributed by atoms with Gasteiger partial charge in [-0.25, -0.2) is 13.1 Å². The summed E-state index contributed by atoms with van der Waals surface area (Å²) in [4.78, 5) is 56.4. The van der Waals surface area contributed by atoms with Crippen molar-refractivity contribution in [3.63, 3.8) is 0 Å². The second-order valence-electron chi connectivity index (χ2n) is 11.8. The van der Waals surface area contributed by atoms with Crippen molar-refractivity contribution in [1.82, 2.24) is 19.8 Å². The van der Waals surface area contributed by atoms with Crippen molar-refractivity contribution >= 4 is 50.9 Å². The molecule has 4 rings (SSSR count). The van der Waals surface area contributed by atoms with E-state index in [4.69, 9.17) is 11.6 Å². The summed E-state index contributed by atoms with van der Waals surface area (Å²) in [6.45, 7) is 3.50. The van der Waals surface area contributed by atoms with E-state index in [1.165, 1.54) is 0 Å². The number of aryl methyl sites for hydroxylation is 1. The van der Waals surface area contributed by atoms with Gasteiger partial charge in [-0.05, 0) is 73.9 Å². The molecule has 3 N–H and O–H groups in total. The number of likely N-dealkylation sites (tertiary alicyclic amines) is 1. The van der Waals surface area contributed by atoms with E-state index in [-0.39, 0.29) is 44.0 Å². The lowest BCUT2D eigenvalue weighted by molar-refractivity contribution is -0.140. The SMILES string of the molecule is Cc1cc(NC(=O)[C@H](CCNS(C)(=O)=O)NC(=O)C[C@@H]2Cc3ccccc3CN2C(=O)CCC(=O)N2CCCCC2)ccc1Cl. The highest BCUT2D eigenvalue weighted by Crippen LogP contribution is 2.26. The lowest BCUT2D eigenvalue weighted by Crippen LogP contribution is -2.50. The highest BCUT2D eigenvalue weighted by atomic mass is 35.5. The van der Waals surface area contributed by atoms with E-state index in [2.05, 4.69) is 15.4 Å². The van der Waals surface area contributed by atoms with Gasteiger partial charge in [-0.1, -0.05) is 35.9 Å². The zero-order valence-electron chi connectivity index (χ0n) is 25.8. The van der Waals surface area contributed by atoms with Gasteiger partial charge in [0.1, 0.15) is 6.04 Å². The third kappa shape index (κ3) is 10.3. The largest absolute Gasteiger partial charge is 0.344 e. The molecule has 11 nitrogen and oxygen atoms in total. The molecule has 2 aromatic rings. The van der Waals surface area contributed by atoms with Crippen LogP contribution in [-0.4, -0.2) is 79.8 Å². The number of piperidine rings is 1. The number of anilines is 1. The van der Waals surface area contributed by atoms with Crippen molar-refractivity contribution in [1.29, 1.82) is 0 Å². The molecule has 0 unspecified atom stereocenters. The smallest absolute Gasteiger partial charge is 0.246 e. The number of carbonyl (C=O) groups is 4. The van der Waals surface area contributed by atoms with Gasteiger partial charge in [0.2, 0.25) is 33.7 Å². The van der Waals surface area contributed by atoms with Crippen LogP contribution < -0.4 is 15.4 Å². The molecular weight excluding hydrogens is 618 g/mol. The van der Waals surface area contributed by atoms with Gasteiger partial charge in [0.15, 0.2) is 0 Å². The lowest BCUT2D eigenvalue weighted by atomic mass is 9.91. The van der Waals surface area contributed by atoms with E-state index in [1.54, 1.807) is 30.0 Å². The number of fused-ring (bicyclic) bond motifs is 1. The summed E-state index contributed by atoms with van der Waals surface area (Å²) < 4.78 is 25.6. The number of sulfonamides is 1. The first-order valence-electron chi connectivity index (χ1n) is 15.3. The summed E-state index contributed by atoms with van der Waals surface area (Å²) >= 11 is 6.11. The first kappa shape index (κ1) is 34.4. The Balaban J connectivity index is 1.44. The number of nitrogens with one attached hydrogen (secondary N) is 3. The van der Waals surface area contributed by atoms with Gasteiger partial charge < -0.3 is 20.4 Å². The molecule has 0 bridgehead atoms. The molecule has 2 atom stereocenters. The third-order valence-corrected chi connectivity index (χ3v) is 9.39. The number of carbonyl (C=O) groups excluding carboxylic acids is 4. The second kappa shape index (κ2) is 15.7. The first-order chi connectivity index (χ1) is 21.4. The minimum absolute atomic E-state index is 0.00592. The van der Waals surface area contributed by atoms with Crippen LogP contribution >= 0.6 is 11.6 Å². The highest BCUT2D eigenvalue weighted by Gasteiger charge is 2.33. The van der Waals surface area contributed by atoms with Crippen LogP contribution in [0.1, 0.15) is 61.6 Å². The first-order valence-corrected chi connectivity index (χ1v) is 17.6. The van der Waals surface area contributed by atoms with Crippen molar-refractivity contribution in [2.45, 2.75) is 76.9 Å². The quantitative estimate of drug-likeness (QED) is 0.319. The van der Waals surface area contributed by atoms with Gasteiger partial charge in [0.05, 0.1) is 6.26 Å². The van der Waals surface area contributed by atoms with Crippen LogP contribution in [-0.2, 0) is 42.2 Å². The number of rotatable bonds is 12. The molecule has 1 fully saturated rings. The molecule has 244 valence electrons. The van der Waals surface area contributed by atoms with Gasteiger partial charge in [0.25, 0.3) is 0 Å². The minimum atomic E-state index is -3.51. The summed E-state index contributed by atoms with van der Waals surface area (Å²) in [6, 6.07) is 11.2. The van der Waals surface area contributed by atoms with E-state index < -0.39 is 33.9 Å². The topological polar surface area (TPSA) is 145 Å². The van der Waals surface area contributed by atoms with Gasteiger partial charge in [-0.3, -0.25) is 19.2 Å². The second-order valence-corrected chi connectivity index (χ2v) is 14.1. The molecule has 2 aliphatic heterocycles. The number of hydrogen-bond donors (Lipinski definition) is 3. The highest BCUT2D eigenvalue weighted by molar-refractivity contribution is 7.88. The monoisotopic (exact) mass is 659 g/mol. The number of hydrogen-bond acceptors (Lipinski definition) is 6. The fourth-order valence-corrected chi connectivity index (χ4v) is 6.40. The summed E-state index contributed by atoms with van der Waals surface area (Å²) in [7, 11) is -3.51. The average Bonchev–Trinajstić information content (AvgIpc) is 3.00. The van der Waals surface area contributed by atoms with E-state index in [9.17, 15) is 27.6 Å². The Labute approximate surface area is 270 Å². The van der Waals surface area contributed by atoms with E-state index in [1.807, 2.05) is 29.2 Å².